The van der Waals surface area contributed by atoms with Gasteiger partial charge in [0.25, 0.3) is 5.91 Å². The zero-order valence-corrected chi connectivity index (χ0v) is 16.7. The van der Waals surface area contributed by atoms with Crippen molar-refractivity contribution in [1.29, 1.82) is 0 Å². The van der Waals surface area contributed by atoms with Crippen LogP contribution in [0.2, 0.25) is 0 Å². The van der Waals surface area contributed by atoms with Crippen LogP contribution in [0, 0.1) is 5.82 Å². The van der Waals surface area contributed by atoms with Crippen molar-refractivity contribution in [2.45, 2.75) is 4.90 Å². The highest BCUT2D eigenvalue weighted by Gasteiger charge is 2.28. The van der Waals surface area contributed by atoms with Gasteiger partial charge in [0, 0.05) is 25.5 Å². The van der Waals surface area contributed by atoms with Gasteiger partial charge < -0.3 is 14.6 Å². The van der Waals surface area contributed by atoms with E-state index < -0.39 is 21.7 Å². The van der Waals surface area contributed by atoms with Crippen LogP contribution >= 0.6 is 0 Å². The summed E-state index contributed by atoms with van der Waals surface area (Å²) in [7, 11) is -3.86. The highest BCUT2D eigenvalue weighted by atomic mass is 32.2. The number of ether oxygens (including phenoxy) is 1. The van der Waals surface area contributed by atoms with Crippen LogP contribution in [0.4, 0.5) is 10.1 Å². The molecular weight excluding hydrogens is 411 g/mol. The van der Waals surface area contributed by atoms with Crippen LogP contribution in [0.3, 0.4) is 0 Å². The van der Waals surface area contributed by atoms with Crippen LogP contribution in [0.1, 0.15) is 10.4 Å². The Hall–Kier alpha value is -3.08. The molecule has 1 aliphatic rings. The number of carbonyl (C=O) groups is 1. The van der Waals surface area contributed by atoms with Crippen LogP contribution in [0.25, 0.3) is 5.69 Å². The topological polar surface area (TPSA) is 93.5 Å². The SMILES string of the molecule is O=C(Nc1ccccc1-n1ccnc1)c1cc(S(=O)(=O)N2CCOCC2)ccc1F. The fraction of sp³-hybridized carbons (Fsp3) is 0.200. The normalized spacial score (nSPS) is 15.1. The van der Waals surface area contributed by atoms with Crippen LogP contribution in [-0.2, 0) is 14.8 Å². The van der Waals surface area contributed by atoms with Gasteiger partial charge in [0.05, 0.1) is 41.4 Å². The number of rotatable bonds is 5. The summed E-state index contributed by atoms with van der Waals surface area (Å²) in [6.07, 6.45) is 4.88. The third-order valence-electron chi connectivity index (χ3n) is 4.73. The monoisotopic (exact) mass is 430 g/mol. The fourth-order valence-corrected chi connectivity index (χ4v) is 4.61. The molecule has 2 heterocycles. The van der Waals surface area contributed by atoms with Crippen molar-refractivity contribution in [3.63, 3.8) is 0 Å². The number of hydrogen-bond acceptors (Lipinski definition) is 5. The van der Waals surface area contributed by atoms with Gasteiger partial charge in [0.15, 0.2) is 0 Å². The van der Waals surface area contributed by atoms with Crippen molar-refractivity contribution in [1.82, 2.24) is 13.9 Å². The molecule has 10 heteroatoms. The molecule has 0 radical (unpaired) electrons. The average molecular weight is 430 g/mol. The summed E-state index contributed by atoms with van der Waals surface area (Å²) < 4.78 is 48.3. The number of nitrogens with one attached hydrogen (secondary N) is 1. The third kappa shape index (κ3) is 3.97. The Kier molecular flexibility index (Phi) is 5.62. The van der Waals surface area contributed by atoms with Crippen molar-refractivity contribution in [2.24, 2.45) is 0 Å². The summed E-state index contributed by atoms with van der Waals surface area (Å²) >= 11 is 0. The predicted molar refractivity (Wildman–Crippen MR) is 107 cm³/mol. The van der Waals surface area contributed by atoms with Crippen molar-refractivity contribution in [3.05, 3.63) is 72.6 Å². The Morgan fingerprint density at radius 2 is 1.90 bits per heavy atom. The number of para-hydroxylation sites is 2. The number of carbonyl (C=O) groups excluding carboxylic acids is 1. The van der Waals surface area contributed by atoms with E-state index in [1.807, 2.05) is 0 Å². The molecule has 1 aromatic heterocycles. The van der Waals surface area contributed by atoms with Crippen molar-refractivity contribution >= 4 is 21.6 Å². The second kappa shape index (κ2) is 8.34. The van der Waals surface area contributed by atoms with Gasteiger partial charge in [0.2, 0.25) is 10.0 Å². The van der Waals surface area contributed by atoms with Gasteiger partial charge in [-0.3, -0.25) is 4.79 Å². The first-order valence-corrected chi connectivity index (χ1v) is 10.7. The van der Waals surface area contributed by atoms with Crippen molar-refractivity contribution < 1.29 is 22.3 Å². The smallest absolute Gasteiger partial charge is 0.258 e. The number of benzene rings is 2. The number of imidazole rings is 1. The van der Waals surface area contributed by atoms with Crippen LogP contribution in [0.15, 0.2) is 66.1 Å². The molecule has 1 amide bonds. The summed E-state index contributed by atoms with van der Waals surface area (Å²) in [4.78, 5) is 16.7. The Bertz CT molecular complexity index is 1160. The van der Waals surface area contributed by atoms with Gasteiger partial charge in [-0.05, 0) is 30.3 Å². The molecule has 156 valence electrons. The summed E-state index contributed by atoms with van der Waals surface area (Å²) in [6, 6.07) is 10.2. The molecule has 0 atom stereocenters. The van der Waals surface area contributed by atoms with Gasteiger partial charge in [-0.2, -0.15) is 4.31 Å². The number of hydrogen-bond donors (Lipinski definition) is 1. The molecule has 0 unspecified atom stereocenters. The number of anilines is 1. The molecular formula is C20H19FN4O4S. The molecule has 1 fully saturated rings. The van der Waals surface area contributed by atoms with E-state index in [1.54, 1.807) is 47.6 Å². The summed E-state index contributed by atoms with van der Waals surface area (Å²) in [5.74, 6) is -1.56. The zero-order valence-electron chi connectivity index (χ0n) is 15.9. The predicted octanol–water partition coefficient (Wildman–Crippen LogP) is 2.28. The molecule has 4 rings (SSSR count). The lowest BCUT2D eigenvalue weighted by molar-refractivity contribution is 0.0730. The molecule has 0 aliphatic carbocycles. The van der Waals surface area contributed by atoms with Crippen molar-refractivity contribution in [2.75, 3.05) is 31.6 Å². The Morgan fingerprint density at radius 3 is 2.63 bits per heavy atom. The molecule has 1 N–H and O–H groups in total. The molecule has 0 spiro atoms. The van der Waals surface area contributed by atoms with Crippen LogP contribution < -0.4 is 5.32 Å². The lowest BCUT2D eigenvalue weighted by Crippen LogP contribution is -2.40. The molecule has 1 aliphatic heterocycles. The average Bonchev–Trinajstić information content (AvgIpc) is 3.29. The highest BCUT2D eigenvalue weighted by molar-refractivity contribution is 7.89. The molecule has 8 nitrogen and oxygen atoms in total. The number of halogens is 1. The maximum atomic E-state index is 14.4. The maximum absolute atomic E-state index is 14.4. The summed E-state index contributed by atoms with van der Waals surface area (Å²) in [5.41, 5.74) is 0.715. The molecule has 0 saturated carbocycles. The molecule has 3 aromatic rings. The number of amides is 1. The lowest BCUT2D eigenvalue weighted by Gasteiger charge is -2.26. The van der Waals surface area contributed by atoms with Gasteiger partial charge in [0.1, 0.15) is 5.82 Å². The van der Waals surface area contributed by atoms with E-state index in [0.717, 1.165) is 18.2 Å². The number of aromatic nitrogens is 2. The first kappa shape index (κ1) is 20.2. The lowest BCUT2D eigenvalue weighted by atomic mass is 10.2. The third-order valence-corrected chi connectivity index (χ3v) is 6.62. The van der Waals surface area contributed by atoms with E-state index >= 15 is 0 Å². The van der Waals surface area contributed by atoms with E-state index in [2.05, 4.69) is 10.3 Å². The Balaban J connectivity index is 1.64. The minimum atomic E-state index is -3.86. The second-order valence-corrected chi connectivity index (χ2v) is 8.54. The maximum Gasteiger partial charge on any atom is 0.258 e. The summed E-state index contributed by atoms with van der Waals surface area (Å²) in [5, 5.41) is 2.66. The summed E-state index contributed by atoms with van der Waals surface area (Å²) in [6.45, 7) is 0.997. The number of nitrogens with zero attached hydrogens (tertiary/aromatic N) is 3. The van der Waals surface area contributed by atoms with Gasteiger partial charge in [-0.25, -0.2) is 17.8 Å². The minimum absolute atomic E-state index is 0.140. The first-order valence-electron chi connectivity index (χ1n) is 9.23. The molecule has 1 saturated heterocycles. The van der Waals surface area contributed by atoms with E-state index in [9.17, 15) is 17.6 Å². The fourth-order valence-electron chi connectivity index (χ4n) is 3.17. The van der Waals surface area contributed by atoms with Crippen molar-refractivity contribution in [3.8, 4) is 5.69 Å². The Morgan fingerprint density at radius 1 is 1.13 bits per heavy atom. The molecule has 2 aromatic carbocycles. The van der Waals surface area contributed by atoms with E-state index in [-0.39, 0.29) is 23.5 Å². The van der Waals surface area contributed by atoms with Gasteiger partial charge >= 0.3 is 0 Å². The molecule has 30 heavy (non-hydrogen) atoms. The number of sulfonamides is 1. The quantitative estimate of drug-likeness (QED) is 0.670. The van der Waals surface area contributed by atoms with E-state index in [4.69, 9.17) is 4.74 Å². The first-order chi connectivity index (χ1) is 14.5. The van der Waals surface area contributed by atoms with Crippen LogP contribution in [-0.4, -0.2) is 54.5 Å². The van der Waals surface area contributed by atoms with Crippen LogP contribution in [0.5, 0.6) is 0 Å². The van der Waals surface area contributed by atoms with Gasteiger partial charge in [-0.1, -0.05) is 12.1 Å². The number of morpholine rings is 1. The van der Waals surface area contributed by atoms with E-state index in [0.29, 0.717) is 24.6 Å². The zero-order chi connectivity index (χ0) is 21.1. The second-order valence-electron chi connectivity index (χ2n) is 6.60. The highest BCUT2D eigenvalue weighted by Crippen LogP contribution is 2.23. The largest absolute Gasteiger partial charge is 0.379 e. The molecule has 0 bridgehead atoms. The standard InChI is InChI=1S/C20H19FN4O4S/c21-17-6-5-15(30(27,28)25-9-11-29-12-10-25)13-16(17)20(26)23-18-3-1-2-4-19(18)24-8-7-22-14-24/h1-8,13-14H,9-12H2,(H,23,26). The minimum Gasteiger partial charge on any atom is -0.379 e. The van der Waals surface area contributed by atoms with Gasteiger partial charge in [-0.15, -0.1) is 0 Å². The Labute approximate surface area is 173 Å². The van der Waals surface area contributed by atoms with E-state index in [1.165, 1.54) is 4.31 Å².